The van der Waals surface area contributed by atoms with Crippen LogP contribution < -0.4 is 5.32 Å². The Kier molecular flexibility index (Phi) is 24.3. The van der Waals surface area contributed by atoms with Crippen LogP contribution >= 0.6 is 0 Å². The predicted octanol–water partition coefficient (Wildman–Crippen LogP) is 8.25. The normalized spacial score (nSPS) is 18.3. The van der Waals surface area contributed by atoms with E-state index in [0.717, 1.165) is 24.0 Å². The number of nitrogens with zero attached hydrogens (tertiary/aromatic N) is 6. The summed E-state index contributed by atoms with van der Waals surface area (Å²) in [5, 5.41) is 12.2. The lowest BCUT2D eigenvalue weighted by atomic mass is 9.77. The number of hydrogen-bond acceptors (Lipinski definition) is 14. The average molecular weight is 1070 g/mol. The molecule has 2 aliphatic heterocycles. The number of nitrogens with one attached hydrogen (secondary N) is 1. The highest BCUT2D eigenvalue weighted by atomic mass is 16.7. The van der Waals surface area contributed by atoms with E-state index in [2.05, 4.69) is 34.4 Å². The summed E-state index contributed by atoms with van der Waals surface area (Å²) in [6.07, 6.45) is 4.38. The zero-order chi connectivity index (χ0) is 56.3. The molecule has 0 spiro atoms. The first-order chi connectivity index (χ1) is 36.8. The second-order valence-electron chi connectivity index (χ2n) is 21.9. The number of carbonyl (C=O) groups is 7. The lowest BCUT2D eigenvalue weighted by Crippen LogP contribution is -2.54. The Morgan fingerprint density at radius 2 is 1.51 bits per heavy atom. The van der Waals surface area contributed by atoms with Gasteiger partial charge < -0.3 is 28.9 Å². The molecule has 2 aliphatic rings. The number of benzene rings is 2. The van der Waals surface area contributed by atoms with E-state index in [1.54, 1.807) is 21.1 Å². The van der Waals surface area contributed by atoms with Crippen LogP contribution in [-0.2, 0) is 54.3 Å². The van der Waals surface area contributed by atoms with Crippen molar-refractivity contribution in [2.75, 3.05) is 34.4 Å². The van der Waals surface area contributed by atoms with Crippen molar-refractivity contribution in [1.82, 2.24) is 30.4 Å². The van der Waals surface area contributed by atoms with Crippen molar-refractivity contribution in [3.05, 3.63) is 72.1 Å². The first kappa shape index (κ1) is 61.9. The molecule has 0 radical (unpaired) electrons. The van der Waals surface area contributed by atoms with Gasteiger partial charge in [0.05, 0.1) is 42.7 Å². The van der Waals surface area contributed by atoms with E-state index >= 15 is 0 Å². The highest BCUT2D eigenvalue weighted by Gasteiger charge is 2.42. The number of hydroxylamine groups is 2. The van der Waals surface area contributed by atoms with Crippen molar-refractivity contribution in [2.45, 2.75) is 169 Å². The first-order valence-corrected chi connectivity index (χ1v) is 27.8. The summed E-state index contributed by atoms with van der Waals surface area (Å²) >= 11 is 0. The molecule has 18 nitrogen and oxygen atoms in total. The van der Waals surface area contributed by atoms with Crippen LogP contribution in [0.25, 0.3) is 11.5 Å². The van der Waals surface area contributed by atoms with E-state index < -0.39 is 53.9 Å². The molecule has 77 heavy (non-hydrogen) atoms. The standard InChI is InChI=1S/C59H85N7O11/c1-12-40(7)44(33-39(6)34-47(67)53(37(2)3)61-57(73)54(38(4)5)64(9)31-21-15-20-28-52(71)77-66-49(68)29-30-50(66)69)48(74-10)36-51(70)65-32-22-27-46(65)55(75-11)41(8)56(72)60-45(35-42-23-16-13-17-24-42)59-63-62-58(76-59)43-25-18-14-19-26-43/h13-14,16-19,23-26,37-41,44,46,48,53-55H,12,15,20-22,27-36H2,1-11H3,(H,61,73)/t39?,40-,41+,44-,46-,48+,53-,54-,55+/m0/s1. The summed E-state index contributed by atoms with van der Waals surface area (Å²) in [6.45, 7) is 17.0. The van der Waals surface area contributed by atoms with Crippen LogP contribution in [-0.4, -0.2) is 137 Å². The van der Waals surface area contributed by atoms with E-state index in [1.807, 2.05) is 112 Å². The van der Waals surface area contributed by atoms with Crippen molar-refractivity contribution in [2.24, 2.45) is 40.5 Å². The third-order valence-corrected chi connectivity index (χ3v) is 15.3. The van der Waals surface area contributed by atoms with Gasteiger partial charge in [0, 0.05) is 58.4 Å². The molecule has 0 saturated carbocycles. The minimum absolute atomic E-state index is 0.0394. The number of imide groups is 1. The number of aliphatic imine (C=N–C) groups is 1. The molecule has 1 aromatic heterocycles. The van der Waals surface area contributed by atoms with Crippen molar-refractivity contribution < 1.29 is 52.3 Å². The van der Waals surface area contributed by atoms with Crippen LogP contribution in [0.3, 0.4) is 0 Å². The molecule has 9 atom stereocenters. The van der Waals surface area contributed by atoms with Gasteiger partial charge in [0.2, 0.25) is 17.7 Å². The second-order valence-corrected chi connectivity index (χ2v) is 21.9. The Morgan fingerprint density at radius 1 is 0.844 bits per heavy atom. The van der Waals surface area contributed by atoms with Crippen molar-refractivity contribution >= 4 is 47.0 Å². The van der Waals surface area contributed by atoms with Gasteiger partial charge in [-0.3, -0.25) is 33.7 Å². The molecule has 18 heteroatoms. The molecule has 1 N–H and O–H groups in total. The topological polar surface area (TPSA) is 220 Å². The van der Waals surface area contributed by atoms with Crippen molar-refractivity contribution in [3.8, 4) is 11.5 Å². The maximum absolute atomic E-state index is 14.5. The fourth-order valence-electron chi connectivity index (χ4n) is 10.9. The molecule has 2 aromatic carbocycles. The van der Waals surface area contributed by atoms with E-state index in [1.165, 1.54) is 0 Å². The Bertz CT molecular complexity index is 2430. The smallest absolute Gasteiger partial charge is 0.333 e. The molecule has 2 fully saturated rings. The molecule has 5 rings (SSSR count). The molecule has 422 valence electrons. The number of likely N-dealkylation sites (N-methyl/N-ethyl adjacent to an activating group) is 1. The summed E-state index contributed by atoms with van der Waals surface area (Å²) in [7, 11) is 5.08. The number of ketones is 1. The van der Waals surface area contributed by atoms with Crippen molar-refractivity contribution in [3.63, 3.8) is 0 Å². The number of aromatic nitrogens is 2. The Hall–Kier alpha value is -5.98. The van der Waals surface area contributed by atoms with Gasteiger partial charge >= 0.3 is 5.97 Å². The molecule has 1 unspecified atom stereocenters. The number of hydrogen-bond donors (Lipinski definition) is 1. The Balaban J connectivity index is 1.19. The second kappa shape index (κ2) is 30.2. The van der Waals surface area contributed by atoms with E-state index in [-0.39, 0.29) is 97.6 Å². The average Bonchev–Trinajstić information content (AvgIpc) is 4.18. The van der Waals surface area contributed by atoms with Gasteiger partial charge in [-0.25, -0.2) is 9.79 Å². The quantitative estimate of drug-likeness (QED) is 0.0364. The number of amides is 5. The minimum Gasteiger partial charge on any atom is -0.415 e. The third-order valence-electron chi connectivity index (χ3n) is 15.3. The summed E-state index contributed by atoms with van der Waals surface area (Å²) in [4.78, 5) is 106. The fourth-order valence-corrected chi connectivity index (χ4v) is 10.9. The molecule has 0 aliphatic carbocycles. The molecular weight excluding hydrogens is 983 g/mol. The largest absolute Gasteiger partial charge is 0.415 e. The van der Waals surface area contributed by atoms with Gasteiger partial charge in [-0.05, 0) is 93.0 Å². The lowest BCUT2D eigenvalue weighted by Gasteiger charge is -2.36. The van der Waals surface area contributed by atoms with E-state index in [9.17, 15) is 33.6 Å². The predicted molar refractivity (Wildman–Crippen MR) is 292 cm³/mol. The third kappa shape index (κ3) is 17.5. The molecular formula is C59H85N7O11. The van der Waals surface area contributed by atoms with Crippen LogP contribution in [0.2, 0.25) is 0 Å². The fraction of sp³-hybridized carbons (Fsp3) is 0.627. The van der Waals surface area contributed by atoms with Gasteiger partial charge in [0.1, 0.15) is 5.71 Å². The number of methoxy groups -OCH3 is 2. The number of rotatable bonds is 31. The van der Waals surface area contributed by atoms with Gasteiger partial charge in [-0.1, -0.05) is 117 Å². The summed E-state index contributed by atoms with van der Waals surface area (Å²) in [6, 6.07) is 17.4. The minimum atomic E-state index is -0.728. The van der Waals surface area contributed by atoms with Crippen LogP contribution in [0.15, 0.2) is 70.1 Å². The van der Waals surface area contributed by atoms with Crippen LogP contribution in [0.4, 0.5) is 0 Å². The SMILES string of the molecule is CC[C@H](C)[C@H](CC(C)CC(=O)[C@@H](NC(=O)[C@H](C(C)C)N(C)CCCCCC(=O)ON1C(=O)CCC1=O)C(C)C)[C@@H](CC(=O)N1CCC[C@H]1[C@H](OC)[C@@H](C)C(=O)N=C(Cc1ccccc1)c1nnc(-c2ccccc2)o1)OC. The Morgan fingerprint density at radius 3 is 2.12 bits per heavy atom. The van der Waals surface area contributed by atoms with Crippen LogP contribution in [0.5, 0.6) is 0 Å². The van der Waals surface area contributed by atoms with Crippen molar-refractivity contribution in [1.29, 1.82) is 0 Å². The van der Waals surface area contributed by atoms with Gasteiger partial charge in [0.15, 0.2) is 5.78 Å². The highest BCUT2D eigenvalue weighted by molar-refractivity contribution is 6.05. The zero-order valence-electron chi connectivity index (χ0n) is 47.4. The van der Waals surface area contributed by atoms with E-state index in [0.29, 0.717) is 61.9 Å². The Labute approximate surface area is 455 Å². The van der Waals surface area contributed by atoms with Crippen LogP contribution in [0, 0.1) is 35.5 Å². The highest BCUT2D eigenvalue weighted by Crippen LogP contribution is 2.34. The molecule has 3 aromatic rings. The molecule has 3 heterocycles. The first-order valence-electron chi connectivity index (χ1n) is 27.8. The maximum Gasteiger partial charge on any atom is 0.333 e. The summed E-state index contributed by atoms with van der Waals surface area (Å²) in [5.74, 6) is -2.92. The number of likely N-dealkylation sites (tertiary alicyclic amines) is 1. The molecule has 0 bridgehead atoms. The van der Waals surface area contributed by atoms with Gasteiger partial charge in [-0.2, -0.15) is 0 Å². The van der Waals surface area contributed by atoms with Crippen LogP contribution in [0.1, 0.15) is 144 Å². The number of carbonyl (C=O) groups excluding carboxylic acids is 7. The molecule has 2 saturated heterocycles. The zero-order valence-corrected chi connectivity index (χ0v) is 47.4. The maximum atomic E-state index is 14.5. The van der Waals surface area contributed by atoms with Gasteiger partial charge in [0.25, 0.3) is 23.6 Å². The number of unbranched alkanes of at least 4 members (excludes halogenated alkanes) is 2. The monoisotopic (exact) mass is 1070 g/mol. The number of ether oxygens (including phenoxy) is 2. The molecule has 5 amide bonds. The summed E-state index contributed by atoms with van der Waals surface area (Å²) in [5.41, 5.74) is 1.99. The van der Waals surface area contributed by atoms with E-state index in [4.69, 9.17) is 18.7 Å². The van der Waals surface area contributed by atoms with Gasteiger partial charge in [-0.15, -0.1) is 15.3 Å². The lowest BCUT2D eigenvalue weighted by molar-refractivity contribution is -0.197. The number of Topliss-reactive ketones (excluding diaryl/α,β-unsaturated/α-hetero) is 1. The summed E-state index contributed by atoms with van der Waals surface area (Å²) < 4.78 is 18.3.